The van der Waals surface area contributed by atoms with Crippen LogP contribution < -0.4 is 5.73 Å². The van der Waals surface area contributed by atoms with Crippen molar-refractivity contribution < 1.29 is 0 Å². The summed E-state index contributed by atoms with van der Waals surface area (Å²) in [5.74, 6) is 6.30. The van der Waals surface area contributed by atoms with Gasteiger partial charge in [0.2, 0.25) is 0 Å². The van der Waals surface area contributed by atoms with Crippen molar-refractivity contribution in [1.82, 2.24) is 4.98 Å². The highest BCUT2D eigenvalue weighted by Gasteiger charge is 1.93. The number of rotatable bonds is 3. The van der Waals surface area contributed by atoms with Gasteiger partial charge in [-0.15, -0.1) is 0 Å². The minimum Gasteiger partial charge on any atom is -0.330 e. The molecule has 0 unspecified atom stereocenters. The smallest absolute Gasteiger partial charge is 0.0702 e. The van der Waals surface area contributed by atoms with Gasteiger partial charge < -0.3 is 5.73 Å². The zero-order valence-electron chi connectivity index (χ0n) is 9.82. The Labute approximate surface area is 102 Å². The van der Waals surface area contributed by atoms with E-state index in [0.717, 1.165) is 42.3 Å². The minimum absolute atomic E-state index is 0.749. The molecule has 17 heavy (non-hydrogen) atoms. The van der Waals surface area contributed by atoms with Crippen LogP contribution in [0.25, 0.3) is 10.9 Å². The van der Waals surface area contributed by atoms with Gasteiger partial charge in [-0.05, 0) is 31.5 Å². The largest absolute Gasteiger partial charge is 0.330 e. The molecular weight excluding hydrogens is 208 g/mol. The van der Waals surface area contributed by atoms with E-state index in [1.54, 1.807) is 0 Å². The van der Waals surface area contributed by atoms with Crippen LogP contribution >= 0.6 is 0 Å². The molecule has 2 heteroatoms. The number of pyridine rings is 1. The first kappa shape index (κ1) is 11.6. The van der Waals surface area contributed by atoms with Crippen LogP contribution in [0.3, 0.4) is 0 Å². The van der Waals surface area contributed by atoms with Gasteiger partial charge in [0, 0.05) is 23.6 Å². The molecule has 0 saturated carbocycles. The average Bonchev–Trinajstić information content (AvgIpc) is 2.38. The van der Waals surface area contributed by atoms with Gasteiger partial charge in [0.15, 0.2) is 0 Å². The van der Waals surface area contributed by atoms with Crippen molar-refractivity contribution >= 4 is 10.9 Å². The zero-order valence-corrected chi connectivity index (χ0v) is 9.82. The van der Waals surface area contributed by atoms with Gasteiger partial charge in [-0.3, -0.25) is 4.98 Å². The molecule has 0 fully saturated rings. The fourth-order valence-corrected chi connectivity index (χ4v) is 1.66. The number of nitrogens with two attached hydrogens (primary N) is 1. The Bertz CT molecular complexity index is 549. The number of hydrogen-bond donors (Lipinski definition) is 1. The maximum absolute atomic E-state index is 5.43. The van der Waals surface area contributed by atoms with E-state index in [9.17, 15) is 0 Å². The molecule has 0 amide bonds. The molecule has 0 spiro atoms. The van der Waals surface area contributed by atoms with Gasteiger partial charge in [0.1, 0.15) is 0 Å². The number of para-hydroxylation sites is 1. The topological polar surface area (TPSA) is 38.9 Å². The van der Waals surface area contributed by atoms with Crippen molar-refractivity contribution in [2.45, 2.75) is 19.3 Å². The van der Waals surface area contributed by atoms with Crippen LogP contribution in [0.1, 0.15) is 24.8 Å². The monoisotopic (exact) mass is 224 g/mol. The normalized spacial score (nSPS) is 9.94. The second-order valence-electron chi connectivity index (χ2n) is 3.96. The first-order valence-electron chi connectivity index (χ1n) is 5.94. The predicted molar refractivity (Wildman–Crippen MR) is 71.5 cm³/mol. The molecule has 0 saturated heterocycles. The summed E-state index contributed by atoms with van der Waals surface area (Å²) in [6.45, 7) is 0.749. The van der Waals surface area contributed by atoms with Crippen LogP contribution in [0.4, 0.5) is 0 Å². The molecule has 0 bridgehead atoms. The molecule has 2 rings (SSSR count). The Morgan fingerprint density at radius 2 is 2.06 bits per heavy atom. The minimum atomic E-state index is 0.749. The number of unbranched alkanes of at least 4 members (excludes halogenated alkanes) is 2. The van der Waals surface area contributed by atoms with Crippen molar-refractivity contribution in [3.05, 3.63) is 42.1 Å². The van der Waals surface area contributed by atoms with Crippen LogP contribution in [0.2, 0.25) is 0 Å². The first-order chi connectivity index (χ1) is 8.40. The van der Waals surface area contributed by atoms with E-state index in [4.69, 9.17) is 5.73 Å². The lowest BCUT2D eigenvalue weighted by Crippen LogP contribution is -1.96. The van der Waals surface area contributed by atoms with Crippen LogP contribution in [-0.4, -0.2) is 11.5 Å². The molecule has 86 valence electrons. The second-order valence-corrected chi connectivity index (χ2v) is 3.96. The summed E-state index contributed by atoms with van der Waals surface area (Å²) < 4.78 is 0. The number of hydrogen-bond acceptors (Lipinski definition) is 2. The van der Waals surface area contributed by atoms with E-state index in [-0.39, 0.29) is 0 Å². The maximum Gasteiger partial charge on any atom is 0.0702 e. The number of aromatic nitrogens is 1. The summed E-state index contributed by atoms with van der Waals surface area (Å²) in [7, 11) is 0. The molecular formula is C15H16N2. The van der Waals surface area contributed by atoms with Gasteiger partial charge in [-0.2, -0.15) is 0 Å². The molecule has 0 atom stereocenters. The van der Waals surface area contributed by atoms with E-state index >= 15 is 0 Å². The Morgan fingerprint density at radius 3 is 2.94 bits per heavy atom. The Morgan fingerprint density at radius 1 is 1.18 bits per heavy atom. The van der Waals surface area contributed by atoms with Gasteiger partial charge in [0.25, 0.3) is 0 Å². The van der Waals surface area contributed by atoms with Crippen molar-refractivity contribution in [3.63, 3.8) is 0 Å². The van der Waals surface area contributed by atoms with Gasteiger partial charge >= 0.3 is 0 Å². The molecule has 0 aliphatic rings. The van der Waals surface area contributed by atoms with Crippen LogP contribution in [0.15, 0.2) is 36.5 Å². The molecule has 0 radical (unpaired) electrons. The quantitative estimate of drug-likeness (QED) is 0.643. The van der Waals surface area contributed by atoms with Gasteiger partial charge in [-0.25, -0.2) is 0 Å². The molecule has 2 nitrogen and oxygen atoms in total. The lowest BCUT2D eigenvalue weighted by molar-refractivity contribution is 0.768. The fourth-order valence-electron chi connectivity index (χ4n) is 1.66. The molecule has 1 aromatic heterocycles. The molecule has 0 aliphatic heterocycles. The highest BCUT2D eigenvalue weighted by molar-refractivity contribution is 5.79. The zero-order chi connectivity index (χ0) is 11.9. The third-order valence-electron chi connectivity index (χ3n) is 2.58. The highest BCUT2D eigenvalue weighted by Crippen LogP contribution is 2.11. The van der Waals surface area contributed by atoms with Crippen molar-refractivity contribution in [2.24, 2.45) is 5.73 Å². The van der Waals surface area contributed by atoms with Gasteiger partial charge in [-0.1, -0.05) is 30.0 Å². The lowest BCUT2D eigenvalue weighted by atomic mass is 10.1. The number of nitrogens with zero attached hydrogens (tertiary/aromatic N) is 1. The summed E-state index contributed by atoms with van der Waals surface area (Å²) in [4.78, 5) is 4.37. The molecule has 2 aromatic rings. The Kier molecular flexibility index (Phi) is 4.12. The van der Waals surface area contributed by atoms with E-state index in [0.29, 0.717) is 0 Å². The highest BCUT2D eigenvalue weighted by atomic mass is 14.6. The number of fused-ring (bicyclic) bond motifs is 1. The van der Waals surface area contributed by atoms with Crippen LogP contribution in [0, 0.1) is 11.8 Å². The molecule has 1 aromatic carbocycles. The molecule has 2 N–H and O–H groups in total. The van der Waals surface area contributed by atoms with E-state index in [1.807, 2.05) is 24.4 Å². The van der Waals surface area contributed by atoms with Crippen molar-refractivity contribution in [3.8, 4) is 11.8 Å². The van der Waals surface area contributed by atoms with E-state index in [2.05, 4.69) is 29.0 Å². The maximum atomic E-state index is 5.43. The average molecular weight is 224 g/mol. The standard InChI is InChI=1S/C15H16N2/c16-10-6-2-1-3-7-13-11-14-8-4-5-9-15(14)17-12-13/h4-5,8-9,11-12H,1-2,6,10,16H2. The van der Waals surface area contributed by atoms with E-state index < -0.39 is 0 Å². The van der Waals surface area contributed by atoms with Gasteiger partial charge in [0.05, 0.1) is 5.52 Å². The summed E-state index contributed by atoms with van der Waals surface area (Å²) in [6.07, 6.45) is 4.86. The summed E-state index contributed by atoms with van der Waals surface area (Å²) in [5.41, 5.74) is 7.42. The van der Waals surface area contributed by atoms with Crippen LogP contribution in [0.5, 0.6) is 0 Å². The molecule has 0 aliphatic carbocycles. The Balaban J connectivity index is 2.08. The second kappa shape index (κ2) is 6.03. The molecule has 1 heterocycles. The first-order valence-corrected chi connectivity index (χ1v) is 5.94. The predicted octanol–water partition coefficient (Wildman–Crippen LogP) is 2.72. The summed E-state index contributed by atoms with van der Waals surface area (Å²) in [5, 5.41) is 1.14. The van der Waals surface area contributed by atoms with E-state index in [1.165, 1.54) is 0 Å². The van der Waals surface area contributed by atoms with Crippen LogP contribution in [-0.2, 0) is 0 Å². The third kappa shape index (κ3) is 3.30. The SMILES string of the molecule is NCCCCC#Cc1cnc2ccccc2c1. The number of benzene rings is 1. The Hall–Kier alpha value is -1.85. The van der Waals surface area contributed by atoms with Crippen molar-refractivity contribution in [2.75, 3.05) is 6.54 Å². The summed E-state index contributed by atoms with van der Waals surface area (Å²) >= 11 is 0. The van der Waals surface area contributed by atoms with Crippen molar-refractivity contribution in [1.29, 1.82) is 0 Å². The summed E-state index contributed by atoms with van der Waals surface area (Å²) in [6, 6.07) is 10.2. The fraction of sp³-hybridized carbons (Fsp3) is 0.267. The third-order valence-corrected chi connectivity index (χ3v) is 2.58. The lowest BCUT2D eigenvalue weighted by Gasteiger charge is -1.96.